The zero-order chi connectivity index (χ0) is 16.3. The van der Waals surface area contributed by atoms with Gasteiger partial charge in [-0.05, 0) is 40.2 Å². The molecule has 0 unspecified atom stereocenters. The third kappa shape index (κ3) is 3.00. The molecule has 0 bridgehead atoms. The van der Waals surface area contributed by atoms with E-state index < -0.39 is 16.0 Å². The molecule has 22 heavy (non-hydrogen) atoms. The normalized spacial score (nSPS) is 11.0. The Morgan fingerprint density at radius 3 is 2.32 bits per heavy atom. The summed E-state index contributed by atoms with van der Waals surface area (Å²) in [4.78, 5) is 11.9. The summed E-state index contributed by atoms with van der Waals surface area (Å²) in [6, 6.07) is 12.9. The van der Waals surface area contributed by atoms with E-state index in [0.29, 0.717) is 4.47 Å². The maximum Gasteiger partial charge on any atom is 0.340 e. The van der Waals surface area contributed by atoms with Crippen molar-refractivity contribution in [2.75, 3.05) is 18.5 Å². The van der Waals surface area contributed by atoms with Crippen LogP contribution < -0.4 is 4.31 Å². The molecule has 0 amide bonds. The Balaban J connectivity index is 2.55. The number of ether oxygens (including phenoxy) is 1. The van der Waals surface area contributed by atoms with E-state index in [0.717, 1.165) is 4.31 Å². The summed E-state index contributed by atoms with van der Waals surface area (Å²) in [6.07, 6.45) is 0. The van der Waals surface area contributed by atoms with Gasteiger partial charge in [0.05, 0.1) is 18.4 Å². The Morgan fingerprint density at radius 1 is 1.09 bits per heavy atom. The van der Waals surface area contributed by atoms with Gasteiger partial charge in [-0.3, -0.25) is 4.31 Å². The number of rotatable bonds is 4. The SMILES string of the molecule is COC(=O)c1ccccc1N(C)S(=O)(=O)c1ccccc1Br. The van der Waals surface area contributed by atoms with E-state index in [1.165, 1.54) is 26.3 Å². The first-order valence-electron chi connectivity index (χ1n) is 6.30. The number of hydrogen-bond acceptors (Lipinski definition) is 4. The van der Waals surface area contributed by atoms with Crippen LogP contribution in [0.2, 0.25) is 0 Å². The number of carbonyl (C=O) groups excluding carboxylic acids is 1. The van der Waals surface area contributed by atoms with Crippen LogP contribution in [-0.2, 0) is 14.8 Å². The number of carbonyl (C=O) groups is 1. The van der Waals surface area contributed by atoms with E-state index in [2.05, 4.69) is 15.9 Å². The average molecular weight is 384 g/mol. The lowest BCUT2D eigenvalue weighted by Crippen LogP contribution is -2.28. The van der Waals surface area contributed by atoms with E-state index in [4.69, 9.17) is 4.74 Å². The summed E-state index contributed by atoms with van der Waals surface area (Å²) < 4.78 is 31.7. The molecule has 2 aromatic carbocycles. The van der Waals surface area contributed by atoms with Gasteiger partial charge in [-0.15, -0.1) is 0 Å². The summed E-state index contributed by atoms with van der Waals surface area (Å²) in [5.41, 5.74) is 0.438. The van der Waals surface area contributed by atoms with Gasteiger partial charge in [0, 0.05) is 11.5 Å². The molecule has 0 fully saturated rings. The van der Waals surface area contributed by atoms with Gasteiger partial charge >= 0.3 is 5.97 Å². The van der Waals surface area contributed by atoms with Crippen molar-refractivity contribution in [3.63, 3.8) is 0 Å². The van der Waals surface area contributed by atoms with Crippen molar-refractivity contribution in [2.45, 2.75) is 4.90 Å². The van der Waals surface area contributed by atoms with Crippen molar-refractivity contribution >= 4 is 37.6 Å². The fourth-order valence-electron chi connectivity index (χ4n) is 1.96. The van der Waals surface area contributed by atoms with Gasteiger partial charge in [-0.1, -0.05) is 24.3 Å². The minimum absolute atomic E-state index is 0.122. The highest BCUT2D eigenvalue weighted by atomic mass is 79.9. The smallest absolute Gasteiger partial charge is 0.340 e. The molecule has 2 rings (SSSR count). The Labute approximate surface area is 137 Å². The van der Waals surface area contributed by atoms with Crippen LogP contribution in [0.3, 0.4) is 0 Å². The lowest BCUT2D eigenvalue weighted by molar-refractivity contribution is 0.0601. The monoisotopic (exact) mass is 383 g/mol. The van der Waals surface area contributed by atoms with Crippen LogP contribution in [0.1, 0.15) is 10.4 Å². The fourth-order valence-corrected chi connectivity index (χ4v) is 4.14. The minimum Gasteiger partial charge on any atom is -0.465 e. The number of halogens is 1. The molecule has 5 nitrogen and oxygen atoms in total. The number of sulfonamides is 1. The molecule has 0 aliphatic heterocycles. The van der Waals surface area contributed by atoms with Crippen molar-refractivity contribution in [3.8, 4) is 0 Å². The molecule has 0 saturated heterocycles. The summed E-state index contributed by atoms with van der Waals surface area (Å²) in [5.74, 6) is -0.593. The van der Waals surface area contributed by atoms with Gasteiger partial charge in [-0.25, -0.2) is 13.2 Å². The number of benzene rings is 2. The predicted molar refractivity (Wildman–Crippen MR) is 87.5 cm³/mol. The van der Waals surface area contributed by atoms with Gasteiger partial charge in [0.25, 0.3) is 10.0 Å². The second-order valence-corrected chi connectivity index (χ2v) is 7.20. The highest BCUT2D eigenvalue weighted by Crippen LogP contribution is 2.29. The molecule has 2 aromatic rings. The molecule has 0 radical (unpaired) electrons. The molecule has 116 valence electrons. The molecule has 7 heteroatoms. The summed E-state index contributed by atoms with van der Waals surface area (Å²) in [5, 5.41) is 0. The molecular weight excluding hydrogens is 370 g/mol. The zero-order valence-corrected chi connectivity index (χ0v) is 14.4. The molecule has 0 atom stereocenters. The third-order valence-corrected chi connectivity index (χ3v) is 5.91. The lowest BCUT2D eigenvalue weighted by atomic mass is 10.2. The van der Waals surface area contributed by atoms with Crippen LogP contribution in [0.25, 0.3) is 0 Å². The predicted octanol–water partition coefficient (Wildman–Crippen LogP) is 3.06. The second-order valence-electron chi connectivity index (χ2n) is 4.41. The van der Waals surface area contributed by atoms with Crippen LogP contribution >= 0.6 is 15.9 Å². The van der Waals surface area contributed by atoms with Crippen molar-refractivity contribution in [1.82, 2.24) is 0 Å². The average Bonchev–Trinajstić information content (AvgIpc) is 2.53. The molecular formula is C15H14BrNO4S. The van der Waals surface area contributed by atoms with Gasteiger partial charge < -0.3 is 4.74 Å². The Hall–Kier alpha value is -1.86. The maximum atomic E-state index is 12.8. The highest BCUT2D eigenvalue weighted by Gasteiger charge is 2.26. The topological polar surface area (TPSA) is 63.7 Å². The van der Waals surface area contributed by atoms with Crippen LogP contribution in [0, 0.1) is 0 Å². The van der Waals surface area contributed by atoms with E-state index in [1.807, 2.05) is 0 Å². The van der Waals surface area contributed by atoms with Crippen LogP contribution in [-0.4, -0.2) is 28.5 Å². The molecule has 0 heterocycles. The van der Waals surface area contributed by atoms with E-state index in [1.54, 1.807) is 36.4 Å². The van der Waals surface area contributed by atoms with Crippen molar-refractivity contribution in [3.05, 3.63) is 58.6 Å². The highest BCUT2D eigenvalue weighted by molar-refractivity contribution is 9.10. The summed E-state index contributed by atoms with van der Waals surface area (Å²) in [6.45, 7) is 0. The van der Waals surface area contributed by atoms with E-state index >= 15 is 0 Å². The number of hydrogen-bond donors (Lipinski definition) is 0. The quantitative estimate of drug-likeness (QED) is 0.761. The zero-order valence-electron chi connectivity index (χ0n) is 12.0. The summed E-state index contributed by atoms with van der Waals surface area (Å²) >= 11 is 3.24. The Kier molecular flexibility index (Phi) is 4.87. The molecule has 0 saturated carbocycles. The molecule has 0 spiro atoms. The molecule has 0 N–H and O–H groups in total. The van der Waals surface area contributed by atoms with Gasteiger partial charge in [-0.2, -0.15) is 0 Å². The van der Waals surface area contributed by atoms with Gasteiger partial charge in [0.15, 0.2) is 0 Å². The van der Waals surface area contributed by atoms with Crippen molar-refractivity contribution in [1.29, 1.82) is 0 Å². The fraction of sp³-hybridized carbons (Fsp3) is 0.133. The van der Waals surface area contributed by atoms with E-state index in [9.17, 15) is 13.2 Å². The second kappa shape index (κ2) is 6.50. The van der Waals surface area contributed by atoms with Crippen LogP contribution in [0.15, 0.2) is 57.9 Å². The largest absolute Gasteiger partial charge is 0.465 e. The Bertz CT molecular complexity index is 805. The molecule has 0 aliphatic rings. The number of anilines is 1. The van der Waals surface area contributed by atoms with Crippen LogP contribution in [0.4, 0.5) is 5.69 Å². The molecule has 0 aliphatic carbocycles. The first-order valence-corrected chi connectivity index (χ1v) is 8.53. The number of nitrogens with zero attached hydrogens (tertiary/aromatic N) is 1. The first-order chi connectivity index (χ1) is 10.4. The standard InChI is InChI=1S/C15H14BrNO4S/c1-17(13-9-5-3-7-11(13)15(18)21-2)22(19,20)14-10-6-4-8-12(14)16/h3-10H,1-2H3. The van der Waals surface area contributed by atoms with Gasteiger partial charge in [0.1, 0.15) is 4.90 Å². The maximum absolute atomic E-state index is 12.8. The lowest BCUT2D eigenvalue weighted by Gasteiger charge is -2.22. The summed E-state index contributed by atoms with van der Waals surface area (Å²) in [7, 11) is -1.16. The van der Waals surface area contributed by atoms with Crippen LogP contribution in [0.5, 0.6) is 0 Å². The van der Waals surface area contributed by atoms with Crippen molar-refractivity contribution < 1.29 is 17.9 Å². The first kappa shape index (κ1) is 16.5. The minimum atomic E-state index is -3.81. The number of methoxy groups -OCH3 is 1. The molecule has 0 aromatic heterocycles. The number of esters is 1. The van der Waals surface area contributed by atoms with Gasteiger partial charge in [0.2, 0.25) is 0 Å². The Morgan fingerprint density at radius 2 is 1.68 bits per heavy atom. The van der Waals surface area contributed by atoms with E-state index in [-0.39, 0.29) is 16.1 Å². The number of para-hydroxylation sites is 1. The van der Waals surface area contributed by atoms with Crippen molar-refractivity contribution in [2.24, 2.45) is 0 Å². The third-order valence-electron chi connectivity index (χ3n) is 3.12.